The van der Waals surface area contributed by atoms with E-state index in [1.807, 2.05) is 0 Å². The Bertz CT molecular complexity index is 1910. The first-order valence-corrected chi connectivity index (χ1v) is 15.5. The minimum Gasteiger partial charge on any atom is -0.493 e. The molecule has 1 heterocycles. The summed E-state index contributed by atoms with van der Waals surface area (Å²) < 4.78 is 6.46. The van der Waals surface area contributed by atoms with Gasteiger partial charge in [0.15, 0.2) is 0 Å². The Morgan fingerprint density at radius 3 is 1.67 bits per heavy atom. The van der Waals surface area contributed by atoms with E-state index in [4.69, 9.17) is 4.74 Å². The van der Waals surface area contributed by atoms with Crippen molar-refractivity contribution >= 4 is 32.9 Å². The summed E-state index contributed by atoms with van der Waals surface area (Å²) in [5.74, 6) is 1.35. The molecular weight excluding hydrogens is 529 g/mol. The minimum atomic E-state index is 0.433. The maximum Gasteiger partial charge on any atom is 0.127 e. The molecule has 0 bridgehead atoms. The van der Waals surface area contributed by atoms with Crippen LogP contribution in [0.1, 0.15) is 13.8 Å². The van der Waals surface area contributed by atoms with Crippen LogP contribution in [0.5, 0.6) is 5.75 Å². The average Bonchev–Trinajstić information content (AvgIpc) is 3.58. The van der Waals surface area contributed by atoms with Crippen LogP contribution in [-0.2, 0) is 0 Å². The lowest BCUT2D eigenvalue weighted by Crippen LogP contribution is -2.05. The normalized spacial score (nSPS) is 11.4. The van der Waals surface area contributed by atoms with E-state index in [1.165, 1.54) is 54.9 Å². The minimum absolute atomic E-state index is 0.433. The molecule has 0 saturated heterocycles. The molecule has 1 nitrogen and oxygen atoms in total. The van der Waals surface area contributed by atoms with Gasteiger partial charge in [-0.2, -0.15) is 11.3 Å². The summed E-state index contributed by atoms with van der Waals surface area (Å²) in [6.45, 7) is 5.06. The maximum absolute atomic E-state index is 6.46. The maximum atomic E-state index is 6.46. The summed E-state index contributed by atoms with van der Waals surface area (Å²) in [7, 11) is 0. The van der Waals surface area contributed by atoms with Crippen molar-refractivity contribution < 1.29 is 4.74 Å². The van der Waals surface area contributed by atoms with Crippen LogP contribution < -0.4 is 4.74 Å². The number of ether oxygens (including phenoxy) is 1. The third-order valence-corrected chi connectivity index (χ3v) is 8.53. The third-order valence-electron chi connectivity index (χ3n) is 7.85. The van der Waals surface area contributed by atoms with Gasteiger partial charge in [-0.25, -0.2) is 0 Å². The van der Waals surface area contributed by atoms with Crippen LogP contribution in [0, 0.1) is 5.92 Å². The lowest BCUT2D eigenvalue weighted by Gasteiger charge is -2.18. The fraction of sp³-hybridized carbons (Fsp3) is 0.100. The molecule has 7 rings (SSSR count). The smallest absolute Gasteiger partial charge is 0.127 e. The van der Waals surface area contributed by atoms with E-state index < -0.39 is 0 Å². The van der Waals surface area contributed by atoms with E-state index in [9.17, 15) is 0 Å². The lowest BCUT2D eigenvalue weighted by atomic mass is 9.89. The van der Waals surface area contributed by atoms with Crippen molar-refractivity contribution in [1.29, 1.82) is 0 Å². The van der Waals surface area contributed by atoms with E-state index >= 15 is 0 Å². The summed E-state index contributed by atoms with van der Waals surface area (Å²) in [4.78, 5) is 0. The molecular formula is C40H32OS. The third kappa shape index (κ3) is 5.11. The monoisotopic (exact) mass is 560 g/mol. The zero-order chi connectivity index (χ0) is 28.5. The molecule has 7 aromatic rings. The van der Waals surface area contributed by atoms with Gasteiger partial charge in [-0.15, -0.1) is 0 Å². The summed E-state index contributed by atoms with van der Waals surface area (Å²) in [5, 5.41) is 9.34. The zero-order valence-corrected chi connectivity index (χ0v) is 24.7. The van der Waals surface area contributed by atoms with Crippen molar-refractivity contribution in [2.45, 2.75) is 13.8 Å². The first-order valence-electron chi connectivity index (χ1n) is 14.6. The molecule has 0 saturated carbocycles. The largest absolute Gasteiger partial charge is 0.493 e. The molecule has 0 N–H and O–H groups in total. The average molecular weight is 561 g/mol. The van der Waals surface area contributed by atoms with Crippen LogP contribution in [0.4, 0.5) is 0 Å². The van der Waals surface area contributed by atoms with Gasteiger partial charge in [0.05, 0.1) is 6.61 Å². The molecule has 0 aliphatic heterocycles. The molecule has 0 fully saturated rings. The van der Waals surface area contributed by atoms with Crippen LogP contribution in [0.15, 0.2) is 138 Å². The summed E-state index contributed by atoms with van der Waals surface area (Å²) in [5.41, 5.74) is 9.56. The summed E-state index contributed by atoms with van der Waals surface area (Å²) in [6, 6.07) is 46.3. The van der Waals surface area contributed by atoms with E-state index in [0.29, 0.717) is 12.5 Å². The Hall–Kier alpha value is -4.66. The van der Waals surface area contributed by atoms with Gasteiger partial charge in [-0.1, -0.05) is 105 Å². The molecule has 204 valence electrons. The van der Waals surface area contributed by atoms with E-state index in [0.717, 1.165) is 16.9 Å². The molecule has 6 aromatic carbocycles. The van der Waals surface area contributed by atoms with Gasteiger partial charge in [0.1, 0.15) is 5.75 Å². The summed E-state index contributed by atoms with van der Waals surface area (Å²) >= 11 is 1.72. The number of fused-ring (bicyclic) bond motifs is 2. The van der Waals surface area contributed by atoms with Crippen molar-refractivity contribution in [3.63, 3.8) is 0 Å². The molecule has 0 unspecified atom stereocenters. The molecule has 0 aliphatic carbocycles. The van der Waals surface area contributed by atoms with Gasteiger partial charge in [0.25, 0.3) is 0 Å². The molecule has 0 radical (unpaired) electrons. The number of hydrogen-bond donors (Lipinski definition) is 0. The molecule has 42 heavy (non-hydrogen) atoms. The van der Waals surface area contributed by atoms with Crippen LogP contribution >= 0.6 is 11.3 Å². The molecule has 0 atom stereocenters. The summed E-state index contributed by atoms with van der Waals surface area (Å²) in [6.07, 6.45) is 0. The van der Waals surface area contributed by atoms with Crippen molar-refractivity contribution in [2.24, 2.45) is 5.92 Å². The van der Waals surface area contributed by atoms with Crippen LogP contribution in [0.3, 0.4) is 0 Å². The molecule has 0 amide bonds. The van der Waals surface area contributed by atoms with Gasteiger partial charge in [0.2, 0.25) is 0 Å². The van der Waals surface area contributed by atoms with Crippen LogP contribution in [0.2, 0.25) is 0 Å². The van der Waals surface area contributed by atoms with Gasteiger partial charge in [-0.3, -0.25) is 0 Å². The SMILES string of the molecule is CC(C)COc1ccc(-c2ccsc2)cc1-c1cc(-c2cccc3ccccc23)cc(-c2cccc3ccccc23)c1. The zero-order valence-electron chi connectivity index (χ0n) is 23.9. The number of benzene rings is 6. The molecule has 1 aromatic heterocycles. The molecule has 0 spiro atoms. The highest BCUT2D eigenvalue weighted by Gasteiger charge is 2.16. The van der Waals surface area contributed by atoms with Crippen molar-refractivity contribution in [2.75, 3.05) is 6.61 Å². The van der Waals surface area contributed by atoms with Crippen molar-refractivity contribution in [1.82, 2.24) is 0 Å². The lowest BCUT2D eigenvalue weighted by molar-refractivity contribution is 0.272. The second-order valence-electron chi connectivity index (χ2n) is 11.3. The topological polar surface area (TPSA) is 9.23 Å². The Morgan fingerprint density at radius 1 is 0.524 bits per heavy atom. The van der Waals surface area contributed by atoms with Gasteiger partial charge in [-0.05, 0) is 114 Å². The predicted molar refractivity (Wildman–Crippen MR) is 181 cm³/mol. The molecule has 0 aliphatic rings. The van der Waals surface area contributed by atoms with E-state index in [-0.39, 0.29) is 0 Å². The van der Waals surface area contributed by atoms with Gasteiger partial charge >= 0.3 is 0 Å². The fourth-order valence-electron chi connectivity index (χ4n) is 5.79. The van der Waals surface area contributed by atoms with E-state index in [2.05, 4.69) is 152 Å². The highest BCUT2D eigenvalue weighted by atomic mass is 32.1. The first kappa shape index (κ1) is 26.3. The Labute approximate surface area is 251 Å². The first-order chi connectivity index (χ1) is 20.6. The van der Waals surface area contributed by atoms with Crippen molar-refractivity contribution in [3.8, 4) is 50.3 Å². The Morgan fingerprint density at radius 2 is 1.10 bits per heavy atom. The van der Waals surface area contributed by atoms with Crippen molar-refractivity contribution in [3.05, 3.63) is 138 Å². The second kappa shape index (κ2) is 11.3. The predicted octanol–water partition coefficient (Wildman–Crippen LogP) is 11.8. The standard InChI is InChI=1S/C40H32OS/c1-27(2)25-41-40-18-17-30(31-19-20-42-26-31)24-39(40)34-22-32(37-15-7-11-28-9-3-5-13-35(28)37)21-33(23-34)38-16-8-12-29-10-4-6-14-36(29)38/h3-24,26-27H,25H2,1-2H3. The highest BCUT2D eigenvalue weighted by molar-refractivity contribution is 7.08. The van der Waals surface area contributed by atoms with Crippen LogP contribution in [-0.4, -0.2) is 6.61 Å². The number of rotatable bonds is 7. The highest BCUT2D eigenvalue weighted by Crippen LogP contribution is 2.41. The van der Waals surface area contributed by atoms with Gasteiger partial charge in [0, 0.05) is 5.56 Å². The molecule has 2 heteroatoms. The fourth-order valence-corrected chi connectivity index (χ4v) is 6.46. The number of thiophene rings is 1. The quantitative estimate of drug-likeness (QED) is 0.188. The van der Waals surface area contributed by atoms with Gasteiger partial charge < -0.3 is 4.74 Å². The Balaban J connectivity index is 1.50. The second-order valence-corrected chi connectivity index (χ2v) is 12.1. The van der Waals surface area contributed by atoms with E-state index in [1.54, 1.807) is 11.3 Å². The number of hydrogen-bond acceptors (Lipinski definition) is 2. The van der Waals surface area contributed by atoms with Crippen LogP contribution in [0.25, 0.3) is 66.1 Å². The Kier molecular flexibility index (Phi) is 7.07.